The van der Waals surface area contributed by atoms with Crippen LogP contribution in [0.25, 0.3) is 0 Å². The molecule has 0 aromatic heterocycles. The van der Waals surface area contributed by atoms with Crippen LogP contribution in [-0.2, 0) is 4.74 Å². The van der Waals surface area contributed by atoms with Crippen LogP contribution in [-0.4, -0.2) is 61.8 Å². The third-order valence-corrected chi connectivity index (χ3v) is 4.15. The monoisotopic (exact) mass is 237 g/mol. The average Bonchev–Trinajstić information content (AvgIpc) is 2.40. The lowest BCUT2D eigenvalue weighted by molar-refractivity contribution is 0.0133. The van der Waals surface area contributed by atoms with Crippen LogP contribution in [0, 0.1) is 11.3 Å². The number of nitriles is 1. The first-order valence-corrected chi connectivity index (χ1v) is 6.69. The fourth-order valence-electron chi connectivity index (χ4n) is 3.05. The molecule has 2 fully saturated rings. The Balaban J connectivity index is 1.78. The second-order valence-corrected chi connectivity index (χ2v) is 5.15. The lowest BCUT2D eigenvalue weighted by Crippen LogP contribution is -2.51. The molecule has 0 spiro atoms. The standard InChI is InChI=1S/C13H23N3O/c1-17-13-4-2-3-12(11-13)16-9-7-15(6-5-14)8-10-16/h12-13H,2-4,6-11H2,1H3. The van der Waals surface area contributed by atoms with Crippen molar-refractivity contribution in [2.45, 2.75) is 37.8 Å². The van der Waals surface area contributed by atoms with Gasteiger partial charge in [-0.1, -0.05) is 0 Å². The van der Waals surface area contributed by atoms with Crippen LogP contribution in [0.4, 0.5) is 0 Å². The first-order valence-electron chi connectivity index (χ1n) is 6.69. The van der Waals surface area contributed by atoms with E-state index in [0.29, 0.717) is 18.7 Å². The van der Waals surface area contributed by atoms with Gasteiger partial charge < -0.3 is 4.74 Å². The number of piperazine rings is 1. The van der Waals surface area contributed by atoms with Crippen LogP contribution in [0.3, 0.4) is 0 Å². The summed E-state index contributed by atoms with van der Waals surface area (Å²) in [7, 11) is 1.83. The third kappa shape index (κ3) is 3.41. The fourth-order valence-corrected chi connectivity index (χ4v) is 3.05. The molecular formula is C13H23N3O. The molecule has 0 radical (unpaired) electrons. The highest BCUT2D eigenvalue weighted by Gasteiger charge is 2.28. The van der Waals surface area contributed by atoms with Gasteiger partial charge in [0.1, 0.15) is 0 Å². The van der Waals surface area contributed by atoms with Gasteiger partial charge in [-0.3, -0.25) is 9.80 Å². The van der Waals surface area contributed by atoms with Crippen molar-refractivity contribution in [3.05, 3.63) is 0 Å². The van der Waals surface area contributed by atoms with Gasteiger partial charge in [-0.15, -0.1) is 0 Å². The van der Waals surface area contributed by atoms with E-state index < -0.39 is 0 Å². The summed E-state index contributed by atoms with van der Waals surface area (Å²) < 4.78 is 5.49. The van der Waals surface area contributed by atoms with Crippen molar-refractivity contribution in [3.8, 4) is 6.07 Å². The normalized spacial score (nSPS) is 32.2. The minimum absolute atomic E-state index is 0.464. The van der Waals surface area contributed by atoms with E-state index in [1.54, 1.807) is 0 Å². The van der Waals surface area contributed by atoms with Gasteiger partial charge in [0.2, 0.25) is 0 Å². The van der Waals surface area contributed by atoms with E-state index in [2.05, 4.69) is 15.9 Å². The number of nitrogens with zero attached hydrogens (tertiary/aromatic N) is 3. The Bertz CT molecular complexity index is 268. The van der Waals surface area contributed by atoms with Crippen molar-refractivity contribution in [3.63, 3.8) is 0 Å². The molecular weight excluding hydrogens is 214 g/mol. The smallest absolute Gasteiger partial charge is 0.0866 e. The summed E-state index contributed by atoms with van der Waals surface area (Å²) >= 11 is 0. The molecule has 0 amide bonds. The van der Waals surface area contributed by atoms with Crippen molar-refractivity contribution in [1.29, 1.82) is 5.26 Å². The summed E-state index contributed by atoms with van der Waals surface area (Å²) in [5.74, 6) is 0. The maximum atomic E-state index is 8.68. The Labute approximate surface area is 104 Å². The van der Waals surface area contributed by atoms with Crippen LogP contribution in [0.5, 0.6) is 0 Å². The summed E-state index contributed by atoms with van der Waals surface area (Å²) in [4.78, 5) is 4.84. The van der Waals surface area contributed by atoms with Crippen LogP contribution in [0.1, 0.15) is 25.7 Å². The van der Waals surface area contributed by atoms with Gasteiger partial charge in [-0.05, 0) is 25.7 Å². The molecule has 4 nitrogen and oxygen atoms in total. The van der Waals surface area contributed by atoms with E-state index in [9.17, 15) is 0 Å². The van der Waals surface area contributed by atoms with Crippen LogP contribution in [0.15, 0.2) is 0 Å². The van der Waals surface area contributed by atoms with Gasteiger partial charge in [0.05, 0.1) is 18.7 Å². The highest BCUT2D eigenvalue weighted by molar-refractivity contribution is 4.86. The van der Waals surface area contributed by atoms with E-state index in [1.807, 2.05) is 7.11 Å². The molecule has 1 aliphatic carbocycles. The quantitative estimate of drug-likeness (QED) is 0.689. The molecule has 96 valence electrons. The highest BCUT2D eigenvalue weighted by atomic mass is 16.5. The maximum Gasteiger partial charge on any atom is 0.0866 e. The van der Waals surface area contributed by atoms with Gasteiger partial charge in [-0.2, -0.15) is 5.26 Å². The maximum absolute atomic E-state index is 8.68. The summed E-state index contributed by atoms with van der Waals surface area (Å²) in [5, 5.41) is 8.68. The van der Waals surface area contributed by atoms with E-state index in [1.165, 1.54) is 25.7 Å². The predicted molar refractivity (Wildman–Crippen MR) is 66.7 cm³/mol. The Kier molecular flexibility index (Phi) is 4.78. The first kappa shape index (κ1) is 12.8. The van der Waals surface area contributed by atoms with Gasteiger partial charge >= 0.3 is 0 Å². The number of hydrogen-bond acceptors (Lipinski definition) is 4. The number of methoxy groups -OCH3 is 1. The molecule has 1 heterocycles. The predicted octanol–water partition coefficient (Wildman–Crippen LogP) is 1.09. The lowest BCUT2D eigenvalue weighted by atomic mass is 9.91. The Morgan fingerprint density at radius 3 is 2.65 bits per heavy atom. The summed E-state index contributed by atoms with van der Waals surface area (Å²) in [5.41, 5.74) is 0. The molecule has 2 rings (SSSR count). The minimum Gasteiger partial charge on any atom is -0.381 e. The molecule has 1 saturated carbocycles. The first-order chi connectivity index (χ1) is 8.33. The van der Waals surface area contributed by atoms with Gasteiger partial charge in [0, 0.05) is 39.3 Å². The molecule has 0 aromatic rings. The van der Waals surface area contributed by atoms with Crippen molar-refractivity contribution >= 4 is 0 Å². The molecule has 2 aliphatic rings. The zero-order valence-electron chi connectivity index (χ0n) is 10.8. The summed E-state index contributed by atoms with van der Waals surface area (Å²) in [6.07, 6.45) is 5.49. The molecule has 1 aliphatic heterocycles. The molecule has 17 heavy (non-hydrogen) atoms. The highest BCUT2D eigenvalue weighted by Crippen LogP contribution is 2.25. The second-order valence-electron chi connectivity index (χ2n) is 5.15. The van der Waals surface area contributed by atoms with Crippen LogP contribution < -0.4 is 0 Å². The van der Waals surface area contributed by atoms with Gasteiger partial charge in [-0.25, -0.2) is 0 Å². The van der Waals surface area contributed by atoms with E-state index in [0.717, 1.165) is 26.2 Å². The Morgan fingerprint density at radius 1 is 1.24 bits per heavy atom. The molecule has 0 N–H and O–H groups in total. The van der Waals surface area contributed by atoms with Gasteiger partial charge in [0.15, 0.2) is 0 Å². The number of rotatable bonds is 3. The minimum atomic E-state index is 0.464. The zero-order valence-corrected chi connectivity index (χ0v) is 10.8. The fraction of sp³-hybridized carbons (Fsp3) is 0.923. The van der Waals surface area contributed by atoms with Crippen molar-refractivity contribution in [1.82, 2.24) is 9.80 Å². The van der Waals surface area contributed by atoms with Crippen molar-refractivity contribution in [2.75, 3.05) is 39.8 Å². The molecule has 2 atom stereocenters. The number of ether oxygens (including phenoxy) is 1. The molecule has 4 heteroatoms. The van der Waals surface area contributed by atoms with Crippen LogP contribution >= 0.6 is 0 Å². The third-order valence-electron chi connectivity index (χ3n) is 4.15. The molecule has 0 aromatic carbocycles. The molecule has 1 saturated heterocycles. The van der Waals surface area contributed by atoms with E-state index >= 15 is 0 Å². The van der Waals surface area contributed by atoms with E-state index in [-0.39, 0.29) is 0 Å². The summed E-state index contributed by atoms with van der Waals surface area (Å²) in [6, 6.07) is 2.94. The molecule has 2 unspecified atom stereocenters. The lowest BCUT2D eigenvalue weighted by Gasteiger charge is -2.41. The zero-order chi connectivity index (χ0) is 12.1. The second kappa shape index (κ2) is 6.34. The number of hydrogen-bond donors (Lipinski definition) is 0. The Morgan fingerprint density at radius 2 is 2.00 bits per heavy atom. The van der Waals surface area contributed by atoms with Crippen molar-refractivity contribution in [2.24, 2.45) is 0 Å². The largest absolute Gasteiger partial charge is 0.381 e. The average molecular weight is 237 g/mol. The SMILES string of the molecule is COC1CCCC(N2CCN(CC#N)CC2)C1. The summed E-state index contributed by atoms with van der Waals surface area (Å²) in [6.45, 7) is 4.90. The topological polar surface area (TPSA) is 39.5 Å². The Hall–Kier alpha value is -0.630. The van der Waals surface area contributed by atoms with Gasteiger partial charge in [0.25, 0.3) is 0 Å². The van der Waals surface area contributed by atoms with Crippen molar-refractivity contribution < 1.29 is 4.74 Å². The van der Waals surface area contributed by atoms with Crippen LogP contribution in [0.2, 0.25) is 0 Å². The molecule has 0 bridgehead atoms. The van der Waals surface area contributed by atoms with E-state index in [4.69, 9.17) is 10.00 Å².